The molecule has 16 heavy (non-hydrogen) atoms. The lowest BCUT2D eigenvalue weighted by atomic mass is 9.86. The SMILES string of the molecule is CNC1(C#N)CCCC1CCOCC(C)C. The summed E-state index contributed by atoms with van der Waals surface area (Å²) in [4.78, 5) is 0. The first kappa shape index (κ1) is 13.5. The van der Waals surface area contributed by atoms with Crippen molar-refractivity contribution in [2.75, 3.05) is 20.3 Å². The Morgan fingerprint density at radius 3 is 2.88 bits per heavy atom. The van der Waals surface area contributed by atoms with E-state index < -0.39 is 0 Å². The second-order valence-corrected chi connectivity index (χ2v) is 5.18. The van der Waals surface area contributed by atoms with Crippen LogP contribution in [0.1, 0.15) is 39.5 Å². The molecule has 0 radical (unpaired) electrons. The zero-order valence-electron chi connectivity index (χ0n) is 10.8. The van der Waals surface area contributed by atoms with E-state index >= 15 is 0 Å². The minimum atomic E-state index is -0.290. The molecule has 0 spiro atoms. The number of ether oxygens (including phenoxy) is 1. The van der Waals surface area contributed by atoms with E-state index in [4.69, 9.17) is 4.74 Å². The summed E-state index contributed by atoms with van der Waals surface area (Å²) in [7, 11) is 1.90. The van der Waals surface area contributed by atoms with Gasteiger partial charge in [-0.3, -0.25) is 0 Å². The first-order valence-electron chi connectivity index (χ1n) is 6.32. The van der Waals surface area contributed by atoms with Crippen LogP contribution in [0.4, 0.5) is 0 Å². The van der Waals surface area contributed by atoms with Gasteiger partial charge < -0.3 is 10.1 Å². The van der Waals surface area contributed by atoms with Crippen LogP contribution in [0.3, 0.4) is 0 Å². The fourth-order valence-electron chi connectivity index (χ4n) is 2.55. The van der Waals surface area contributed by atoms with Crippen molar-refractivity contribution in [2.24, 2.45) is 11.8 Å². The molecule has 1 N–H and O–H groups in total. The largest absolute Gasteiger partial charge is 0.381 e. The molecular weight excluding hydrogens is 200 g/mol. The summed E-state index contributed by atoms with van der Waals surface area (Å²) < 4.78 is 5.60. The quantitative estimate of drug-likeness (QED) is 0.704. The molecule has 1 rings (SSSR count). The first-order valence-corrected chi connectivity index (χ1v) is 6.32. The summed E-state index contributed by atoms with van der Waals surface area (Å²) in [6.45, 7) is 5.92. The van der Waals surface area contributed by atoms with Crippen LogP contribution < -0.4 is 5.32 Å². The third-order valence-electron chi connectivity index (χ3n) is 3.53. The first-order chi connectivity index (χ1) is 7.64. The molecule has 0 heterocycles. The zero-order chi connectivity index (χ0) is 12.0. The molecule has 0 amide bonds. The molecule has 0 saturated heterocycles. The number of hydrogen-bond donors (Lipinski definition) is 1. The number of hydrogen-bond acceptors (Lipinski definition) is 3. The lowest BCUT2D eigenvalue weighted by Crippen LogP contribution is -2.45. The highest BCUT2D eigenvalue weighted by Crippen LogP contribution is 2.37. The smallest absolute Gasteiger partial charge is 0.109 e. The highest BCUT2D eigenvalue weighted by molar-refractivity contribution is 5.13. The molecule has 0 aromatic carbocycles. The molecule has 1 saturated carbocycles. The molecule has 2 unspecified atom stereocenters. The van der Waals surface area contributed by atoms with E-state index in [2.05, 4.69) is 25.2 Å². The molecule has 0 aromatic heterocycles. The summed E-state index contributed by atoms with van der Waals surface area (Å²) in [5, 5.41) is 12.5. The maximum atomic E-state index is 9.28. The Morgan fingerprint density at radius 1 is 1.56 bits per heavy atom. The molecule has 0 aromatic rings. The van der Waals surface area contributed by atoms with E-state index in [1.165, 1.54) is 0 Å². The van der Waals surface area contributed by atoms with Gasteiger partial charge in [0.25, 0.3) is 0 Å². The predicted molar refractivity (Wildman–Crippen MR) is 65.0 cm³/mol. The van der Waals surface area contributed by atoms with E-state index in [-0.39, 0.29) is 5.54 Å². The normalized spacial score (nSPS) is 29.6. The molecule has 0 aliphatic heterocycles. The van der Waals surface area contributed by atoms with E-state index in [9.17, 15) is 5.26 Å². The average molecular weight is 224 g/mol. The van der Waals surface area contributed by atoms with Crippen LogP contribution in [0.25, 0.3) is 0 Å². The highest BCUT2D eigenvalue weighted by atomic mass is 16.5. The number of rotatable bonds is 6. The monoisotopic (exact) mass is 224 g/mol. The van der Waals surface area contributed by atoms with Crippen LogP contribution in [-0.4, -0.2) is 25.8 Å². The summed E-state index contributed by atoms with van der Waals surface area (Å²) in [6, 6.07) is 2.46. The molecule has 1 aliphatic rings. The third kappa shape index (κ3) is 3.20. The topological polar surface area (TPSA) is 45.0 Å². The predicted octanol–water partition coefficient (Wildman–Crippen LogP) is 2.33. The lowest BCUT2D eigenvalue weighted by molar-refractivity contribution is 0.0919. The van der Waals surface area contributed by atoms with Crippen molar-refractivity contribution in [3.63, 3.8) is 0 Å². The van der Waals surface area contributed by atoms with Crippen molar-refractivity contribution in [3.05, 3.63) is 0 Å². The van der Waals surface area contributed by atoms with Gasteiger partial charge in [0.2, 0.25) is 0 Å². The van der Waals surface area contributed by atoms with Crippen molar-refractivity contribution in [2.45, 2.75) is 45.1 Å². The number of nitriles is 1. The standard InChI is InChI=1S/C13H24N2O/c1-11(2)9-16-8-6-12-5-4-7-13(12,10-14)15-3/h11-12,15H,4-9H2,1-3H3. The molecular formula is C13H24N2O. The maximum Gasteiger partial charge on any atom is 0.109 e. The Balaban J connectivity index is 2.33. The van der Waals surface area contributed by atoms with Crippen molar-refractivity contribution in [1.29, 1.82) is 5.26 Å². The van der Waals surface area contributed by atoms with E-state index in [0.29, 0.717) is 11.8 Å². The second kappa shape index (κ2) is 6.22. The molecule has 92 valence electrons. The van der Waals surface area contributed by atoms with Crippen LogP contribution in [0.2, 0.25) is 0 Å². The summed E-state index contributed by atoms with van der Waals surface area (Å²) in [5.41, 5.74) is -0.290. The minimum absolute atomic E-state index is 0.290. The third-order valence-corrected chi connectivity index (χ3v) is 3.53. The van der Waals surface area contributed by atoms with Gasteiger partial charge in [-0.25, -0.2) is 0 Å². The van der Waals surface area contributed by atoms with Crippen molar-refractivity contribution in [1.82, 2.24) is 5.32 Å². The molecule has 2 atom stereocenters. The van der Waals surface area contributed by atoms with E-state index in [1.54, 1.807) is 0 Å². The number of nitrogens with zero attached hydrogens (tertiary/aromatic N) is 1. The summed E-state index contributed by atoms with van der Waals surface area (Å²) >= 11 is 0. The molecule has 3 nitrogen and oxygen atoms in total. The summed E-state index contributed by atoms with van der Waals surface area (Å²) in [5.74, 6) is 1.04. The lowest BCUT2D eigenvalue weighted by Gasteiger charge is -2.28. The van der Waals surface area contributed by atoms with E-state index in [0.717, 1.165) is 38.9 Å². The Bertz CT molecular complexity index is 247. The highest BCUT2D eigenvalue weighted by Gasteiger charge is 2.41. The van der Waals surface area contributed by atoms with Gasteiger partial charge in [0.1, 0.15) is 5.54 Å². The van der Waals surface area contributed by atoms with Crippen molar-refractivity contribution < 1.29 is 4.74 Å². The number of nitrogens with one attached hydrogen (secondary N) is 1. The molecule has 1 aliphatic carbocycles. The van der Waals surface area contributed by atoms with Crippen molar-refractivity contribution in [3.8, 4) is 6.07 Å². The minimum Gasteiger partial charge on any atom is -0.381 e. The maximum absolute atomic E-state index is 9.28. The van der Waals surface area contributed by atoms with Gasteiger partial charge in [-0.2, -0.15) is 5.26 Å². The zero-order valence-corrected chi connectivity index (χ0v) is 10.8. The van der Waals surface area contributed by atoms with Gasteiger partial charge in [-0.05, 0) is 38.1 Å². The molecule has 3 heteroatoms. The molecule has 0 bridgehead atoms. The average Bonchev–Trinajstić information content (AvgIpc) is 2.67. The van der Waals surface area contributed by atoms with Gasteiger partial charge >= 0.3 is 0 Å². The van der Waals surface area contributed by atoms with Crippen LogP contribution in [0.5, 0.6) is 0 Å². The van der Waals surface area contributed by atoms with Crippen molar-refractivity contribution >= 4 is 0 Å². The molecule has 1 fully saturated rings. The van der Waals surface area contributed by atoms with Gasteiger partial charge in [0.05, 0.1) is 6.07 Å². The van der Waals surface area contributed by atoms with E-state index in [1.807, 2.05) is 7.05 Å². The van der Waals surface area contributed by atoms with Crippen LogP contribution in [0.15, 0.2) is 0 Å². The van der Waals surface area contributed by atoms with Gasteiger partial charge in [0, 0.05) is 13.2 Å². The van der Waals surface area contributed by atoms with Gasteiger partial charge in [0.15, 0.2) is 0 Å². The Labute approximate surface area is 99.2 Å². The van der Waals surface area contributed by atoms with Gasteiger partial charge in [-0.15, -0.1) is 0 Å². The summed E-state index contributed by atoms with van der Waals surface area (Å²) in [6.07, 6.45) is 4.29. The van der Waals surface area contributed by atoms with Crippen LogP contribution in [0, 0.1) is 23.2 Å². The Kier molecular flexibility index (Phi) is 5.24. The fourth-order valence-corrected chi connectivity index (χ4v) is 2.55. The Hall–Kier alpha value is -0.590. The van der Waals surface area contributed by atoms with Crippen LogP contribution in [-0.2, 0) is 4.74 Å². The Morgan fingerprint density at radius 2 is 2.31 bits per heavy atom. The fraction of sp³-hybridized carbons (Fsp3) is 0.923. The van der Waals surface area contributed by atoms with Gasteiger partial charge in [-0.1, -0.05) is 20.3 Å². The van der Waals surface area contributed by atoms with Crippen LogP contribution >= 0.6 is 0 Å². The second-order valence-electron chi connectivity index (χ2n) is 5.18.